The minimum absolute atomic E-state index is 0.987. The minimum atomic E-state index is 0.987. The van der Waals surface area contributed by atoms with Crippen LogP contribution in [0, 0.1) is 41.5 Å². The molecule has 0 aliphatic heterocycles. The summed E-state index contributed by atoms with van der Waals surface area (Å²) in [7, 11) is 0. The molecule has 0 fully saturated rings. The van der Waals surface area contributed by atoms with Crippen molar-refractivity contribution in [2.45, 2.75) is 80.1 Å². The van der Waals surface area contributed by atoms with E-state index in [0.717, 1.165) is 66.2 Å². The number of aryl methyl sites for hydroxylation is 6. The number of aromatic nitrogens is 5. The molecule has 132 heavy (non-hydrogen) atoms. The van der Waals surface area contributed by atoms with Gasteiger partial charge in [-0.15, -0.1) is 0 Å². The lowest BCUT2D eigenvalue weighted by Gasteiger charge is -2.11. The predicted octanol–water partition coefficient (Wildman–Crippen LogP) is 32.2. The van der Waals surface area contributed by atoms with E-state index >= 15 is 0 Å². The Kier molecular flexibility index (Phi) is 18.7. The third kappa shape index (κ3) is 12.9. The first-order valence-electron chi connectivity index (χ1n) is 46.4. The van der Waals surface area contributed by atoms with Crippen molar-refractivity contribution in [3.05, 3.63) is 471 Å². The fourth-order valence-electron chi connectivity index (χ4n) is 22.7. The number of benzene rings is 19. The summed E-state index contributed by atoms with van der Waals surface area (Å²) in [6.45, 7) is 13.3. The topological polar surface area (TPSA) is 64.5 Å². The number of fused-ring (bicyclic) bond motifs is 38. The normalized spacial score (nSPS) is 12.6. The second kappa shape index (κ2) is 31.5. The highest BCUT2D eigenvalue weighted by Gasteiger charge is 2.30. The summed E-state index contributed by atoms with van der Waals surface area (Å²) in [5, 5.41) is 27.7. The zero-order valence-corrected chi connectivity index (χ0v) is 74.7. The van der Waals surface area contributed by atoms with Crippen molar-refractivity contribution in [1.82, 2.24) is 24.9 Å². The third-order valence-electron chi connectivity index (χ3n) is 29.6. The molecule has 6 aliphatic rings. The van der Waals surface area contributed by atoms with Crippen molar-refractivity contribution in [3.8, 4) is 67.3 Å². The van der Waals surface area contributed by atoms with Crippen LogP contribution < -0.4 is 0 Å². The van der Waals surface area contributed by atoms with E-state index in [2.05, 4.69) is 402 Å². The number of nitrogens with zero attached hydrogens (tertiary/aromatic N) is 5. The summed E-state index contributed by atoms with van der Waals surface area (Å²) in [6, 6.07) is 127. The molecule has 0 saturated heterocycles. The quantitative estimate of drug-likeness (QED) is 0.112. The second-order valence-electron chi connectivity index (χ2n) is 36.8. The molecular formula is C127H91N5. The SMILES string of the molecule is Cc1c2c(nc3c1ccc1ccccc13)-c1ccccc1C2.Cc1c2c(nc3c1ccc1cccnc13)-c1ccccc1C2.Cc1cccc2c1Cc1c-2ccc2cc3ccccc3cc12.Cc1cccc2c1Cc1c-2ccc2ccc3ccccc3c12.Cc1ccnc2c1Cc1c-2ccc2ccc3ccccc3c12.Cc1ccnc2c1Cc1cc3ccc4ccccc4c3cc1-2. The Balaban J connectivity index is 0.0000000851. The molecule has 0 saturated carbocycles. The van der Waals surface area contributed by atoms with Crippen LogP contribution in [0.3, 0.4) is 0 Å². The van der Waals surface area contributed by atoms with Crippen molar-refractivity contribution >= 4 is 130 Å². The lowest BCUT2D eigenvalue weighted by atomic mass is 9.94. The van der Waals surface area contributed by atoms with Crippen LogP contribution in [0.2, 0.25) is 0 Å². The summed E-state index contributed by atoms with van der Waals surface area (Å²) in [5.74, 6) is 0. The Morgan fingerprint density at radius 2 is 0.576 bits per heavy atom. The summed E-state index contributed by atoms with van der Waals surface area (Å²) < 4.78 is 0. The first-order valence-corrected chi connectivity index (χ1v) is 46.4. The van der Waals surface area contributed by atoms with Crippen molar-refractivity contribution < 1.29 is 0 Å². The molecule has 0 spiro atoms. The van der Waals surface area contributed by atoms with E-state index in [1.165, 1.54) is 269 Å². The maximum absolute atomic E-state index is 5.09. The maximum Gasteiger partial charge on any atom is 0.0974 e. The van der Waals surface area contributed by atoms with E-state index in [-0.39, 0.29) is 0 Å². The minimum Gasteiger partial charge on any atom is -0.256 e. The van der Waals surface area contributed by atoms with Gasteiger partial charge in [-0.05, 0) is 305 Å². The van der Waals surface area contributed by atoms with Crippen molar-refractivity contribution in [2.75, 3.05) is 0 Å². The van der Waals surface area contributed by atoms with E-state index in [0.29, 0.717) is 0 Å². The van der Waals surface area contributed by atoms with Crippen LogP contribution in [0.1, 0.15) is 100 Å². The molecule has 6 aliphatic carbocycles. The highest BCUT2D eigenvalue weighted by Crippen LogP contribution is 2.50. The van der Waals surface area contributed by atoms with Crippen molar-refractivity contribution in [3.63, 3.8) is 0 Å². The Bertz CT molecular complexity index is 8680. The van der Waals surface area contributed by atoms with Gasteiger partial charge in [0, 0.05) is 88.1 Å². The first kappa shape index (κ1) is 78.3. The molecule has 0 radical (unpaired) electrons. The van der Waals surface area contributed by atoms with Gasteiger partial charge in [-0.2, -0.15) is 0 Å². The summed E-state index contributed by atoms with van der Waals surface area (Å²) in [6.07, 6.45) is 11.8. The molecule has 5 aromatic heterocycles. The van der Waals surface area contributed by atoms with Gasteiger partial charge >= 0.3 is 0 Å². The summed E-state index contributed by atoms with van der Waals surface area (Å²) >= 11 is 0. The van der Waals surface area contributed by atoms with E-state index in [9.17, 15) is 0 Å². The van der Waals surface area contributed by atoms with Gasteiger partial charge in [-0.3, -0.25) is 15.0 Å². The largest absolute Gasteiger partial charge is 0.256 e. The monoisotopic (exact) mass is 1690 g/mol. The highest BCUT2D eigenvalue weighted by atomic mass is 14.8. The number of hydrogen-bond acceptors (Lipinski definition) is 5. The fourth-order valence-corrected chi connectivity index (χ4v) is 22.7. The zero-order chi connectivity index (χ0) is 88.1. The Morgan fingerprint density at radius 3 is 1.20 bits per heavy atom. The van der Waals surface area contributed by atoms with Gasteiger partial charge in [0.15, 0.2) is 0 Å². The molecule has 0 amide bonds. The lowest BCUT2D eigenvalue weighted by molar-refractivity contribution is 1.18. The molecule has 30 rings (SSSR count). The molecule has 5 nitrogen and oxygen atoms in total. The van der Waals surface area contributed by atoms with Crippen LogP contribution in [-0.4, -0.2) is 24.9 Å². The van der Waals surface area contributed by atoms with Crippen LogP contribution in [0.15, 0.2) is 370 Å². The molecule has 0 unspecified atom stereocenters. The van der Waals surface area contributed by atoms with Gasteiger partial charge in [0.25, 0.3) is 0 Å². The molecule has 624 valence electrons. The van der Waals surface area contributed by atoms with Crippen LogP contribution in [0.5, 0.6) is 0 Å². The van der Waals surface area contributed by atoms with Gasteiger partial charge in [0.05, 0.1) is 39.3 Å². The third-order valence-corrected chi connectivity index (χ3v) is 29.6. The summed E-state index contributed by atoms with van der Waals surface area (Å²) in [4.78, 5) is 24.0. The van der Waals surface area contributed by atoms with E-state index < -0.39 is 0 Å². The fraction of sp³-hybridized carbons (Fsp3) is 0.0945. The van der Waals surface area contributed by atoms with E-state index in [4.69, 9.17) is 9.97 Å². The van der Waals surface area contributed by atoms with Crippen molar-refractivity contribution in [2.24, 2.45) is 0 Å². The Hall–Kier alpha value is -16.0. The molecule has 24 aromatic rings. The standard InChI is InChI=1S/2C22H16.3C21H15N.C20H14N2/c1-14-5-4-8-18-19-10-9-17-11-15-6-2-3-7-16(15)12-21(17)22(19)13-20(14)18;1-14-5-4-8-18-19-12-11-16-10-9-15-6-2-3-7-17(15)22(16)21(19)13-20(14)18;1-13-16-11-10-14-6-2-4-8-17(14)20(16)22-21-18-9-5-3-7-15(18)12-19(13)21;1-13-8-9-22-21-18(13)11-16-10-15-7-6-14-4-2-3-5-17(14)19(15)12-20(16)21;1-13-10-11-22-21-17-9-8-15-7-6-14-4-2-3-5-16(14)20(15)19(17)12-18(13)21;1-12-15-9-8-13-6-4-10-21-18(13)20(15)22-19-16-7-3-2-5-14(16)11-17(12)19/h2*2-12H,13H2,1H3;2-11H,12H2,1H3;2-10,12H,11H2,1H3;2-11H,12H2,1H3;2-10H,11H2,1H3. The maximum atomic E-state index is 5.09. The zero-order valence-electron chi connectivity index (χ0n) is 74.7. The van der Waals surface area contributed by atoms with Gasteiger partial charge in [-0.25, -0.2) is 9.97 Å². The molecule has 5 heterocycles. The average Bonchev–Trinajstić information content (AvgIpc) is 1.59. The Morgan fingerprint density at radius 1 is 0.174 bits per heavy atom. The second-order valence-corrected chi connectivity index (χ2v) is 36.8. The number of pyridine rings is 5. The van der Waals surface area contributed by atoms with Crippen LogP contribution in [0.25, 0.3) is 197 Å². The summed E-state index contributed by atoms with van der Waals surface area (Å²) in [5.41, 5.74) is 44.0. The van der Waals surface area contributed by atoms with Gasteiger partial charge in [-0.1, -0.05) is 315 Å². The molecule has 5 heteroatoms. The first-order chi connectivity index (χ1) is 64.9. The van der Waals surface area contributed by atoms with E-state index in [1.807, 2.05) is 24.7 Å². The molecule has 0 bridgehead atoms. The number of rotatable bonds is 0. The van der Waals surface area contributed by atoms with Gasteiger partial charge in [0.2, 0.25) is 0 Å². The molecule has 0 atom stereocenters. The highest BCUT2D eigenvalue weighted by molar-refractivity contribution is 6.16. The Labute approximate surface area is 767 Å². The number of hydrogen-bond donors (Lipinski definition) is 0. The van der Waals surface area contributed by atoms with Crippen molar-refractivity contribution in [1.29, 1.82) is 0 Å². The molecule has 0 N–H and O–H groups in total. The van der Waals surface area contributed by atoms with Crippen LogP contribution in [0.4, 0.5) is 0 Å². The predicted molar refractivity (Wildman–Crippen MR) is 556 cm³/mol. The van der Waals surface area contributed by atoms with Gasteiger partial charge < -0.3 is 0 Å². The average molecular weight is 1690 g/mol. The van der Waals surface area contributed by atoms with Gasteiger partial charge in [0.1, 0.15) is 0 Å². The van der Waals surface area contributed by atoms with Crippen LogP contribution >= 0.6 is 0 Å². The lowest BCUT2D eigenvalue weighted by Crippen LogP contribution is -1.94. The molecular weight excluding hydrogens is 1600 g/mol. The molecule has 19 aromatic carbocycles. The smallest absolute Gasteiger partial charge is 0.0974 e. The van der Waals surface area contributed by atoms with E-state index in [1.54, 1.807) is 0 Å². The van der Waals surface area contributed by atoms with Crippen LogP contribution in [-0.2, 0) is 38.5 Å².